The molecule has 0 radical (unpaired) electrons. The minimum atomic E-state index is 0.346. The van der Waals surface area contributed by atoms with E-state index in [0.29, 0.717) is 28.9 Å². The summed E-state index contributed by atoms with van der Waals surface area (Å²) in [5.74, 6) is 1.77. The SMILES string of the molecule is COc1ccc(-c2nn(CN3CCN(Cc4ccccn4)CC3)c(=S)o2)c(OC)c1. The van der Waals surface area contributed by atoms with Gasteiger partial charge in [0.1, 0.15) is 11.5 Å². The molecule has 2 aromatic heterocycles. The Morgan fingerprint density at radius 3 is 2.53 bits per heavy atom. The van der Waals surface area contributed by atoms with Gasteiger partial charge in [0.05, 0.1) is 32.1 Å². The summed E-state index contributed by atoms with van der Waals surface area (Å²) in [6.07, 6.45) is 1.84. The number of piperazine rings is 1. The molecule has 0 spiro atoms. The molecular formula is C21H25N5O3S. The molecular weight excluding hydrogens is 402 g/mol. The van der Waals surface area contributed by atoms with Gasteiger partial charge in [-0.25, -0.2) is 4.68 Å². The summed E-state index contributed by atoms with van der Waals surface area (Å²) < 4.78 is 18.2. The molecule has 0 atom stereocenters. The topological polar surface area (TPSA) is 68.8 Å². The molecule has 3 heterocycles. The highest BCUT2D eigenvalue weighted by atomic mass is 32.1. The van der Waals surface area contributed by atoms with E-state index in [1.807, 2.05) is 30.5 Å². The summed E-state index contributed by atoms with van der Waals surface area (Å²) in [5, 5.41) is 4.58. The van der Waals surface area contributed by atoms with Gasteiger partial charge in [0.25, 0.3) is 10.7 Å². The minimum Gasteiger partial charge on any atom is -0.497 e. The molecule has 3 aromatic rings. The number of aromatic nitrogens is 3. The van der Waals surface area contributed by atoms with Gasteiger partial charge in [-0.1, -0.05) is 6.07 Å². The molecule has 1 aromatic carbocycles. The van der Waals surface area contributed by atoms with Crippen LogP contribution in [0.1, 0.15) is 5.69 Å². The van der Waals surface area contributed by atoms with Crippen molar-refractivity contribution >= 4 is 12.2 Å². The lowest BCUT2D eigenvalue weighted by Crippen LogP contribution is -2.46. The maximum Gasteiger partial charge on any atom is 0.288 e. The third-order valence-corrected chi connectivity index (χ3v) is 5.45. The maximum atomic E-state index is 5.76. The second kappa shape index (κ2) is 9.38. The van der Waals surface area contributed by atoms with Crippen LogP contribution < -0.4 is 9.47 Å². The molecule has 8 nitrogen and oxygen atoms in total. The lowest BCUT2D eigenvalue weighted by Gasteiger charge is -2.34. The first kappa shape index (κ1) is 20.5. The number of hydrogen-bond donors (Lipinski definition) is 0. The van der Waals surface area contributed by atoms with E-state index in [-0.39, 0.29) is 0 Å². The van der Waals surface area contributed by atoms with Crippen LogP contribution in [0, 0.1) is 4.84 Å². The van der Waals surface area contributed by atoms with Gasteiger partial charge in [0, 0.05) is 45.0 Å². The van der Waals surface area contributed by atoms with E-state index in [1.165, 1.54) is 0 Å². The Labute approximate surface area is 180 Å². The second-order valence-electron chi connectivity index (χ2n) is 7.10. The van der Waals surface area contributed by atoms with Crippen LogP contribution in [0.3, 0.4) is 0 Å². The minimum absolute atomic E-state index is 0.346. The normalized spacial score (nSPS) is 15.3. The van der Waals surface area contributed by atoms with Gasteiger partial charge >= 0.3 is 0 Å². The van der Waals surface area contributed by atoms with Crippen LogP contribution in [-0.2, 0) is 13.2 Å². The van der Waals surface area contributed by atoms with Crippen LogP contribution in [0.2, 0.25) is 0 Å². The second-order valence-corrected chi connectivity index (χ2v) is 7.44. The smallest absolute Gasteiger partial charge is 0.288 e. The van der Waals surface area contributed by atoms with Crippen molar-refractivity contribution < 1.29 is 13.9 Å². The Hall–Kier alpha value is -2.75. The van der Waals surface area contributed by atoms with E-state index in [2.05, 4.69) is 25.9 Å². The Kier molecular flexibility index (Phi) is 6.41. The number of ether oxygens (including phenoxy) is 2. The lowest BCUT2D eigenvalue weighted by atomic mass is 10.2. The zero-order valence-corrected chi connectivity index (χ0v) is 18.0. The summed E-state index contributed by atoms with van der Waals surface area (Å²) in [7, 11) is 3.22. The van der Waals surface area contributed by atoms with Gasteiger partial charge in [-0.15, -0.1) is 5.10 Å². The zero-order chi connectivity index (χ0) is 20.9. The summed E-state index contributed by atoms with van der Waals surface area (Å²) in [4.78, 5) is 9.49. The Morgan fingerprint density at radius 1 is 1.03 bits per heavy atom. The number of benzene rings is 1. The fraction of sp³-hybridized carbons (Fsp3) is 0.381. The molecule has 9 heteroatoms. The quantitative estimate of drug-likeness (QED) is 0.533. The first-order valence-electron chi connectivity index (χ1n) is 9.81. The molecule has 30 heavy (non-hydrogen) atoms. The van der Waals surface area contributed by atoms with Crippen molar-refractivity contribution in [2.45, 2.75) is 13.2 Å². The van der Waals surface area contributed by atoms with E-state index >= 15 is 0 Å². The van der Waals surface area contributed by atoms with E-state index in [4.69, 9.17) is 26.1 Å². The number of nitrogens with zero attached hydrogens (tertiary/aromatic N) is 5. The standard InChI is InChI=1S/C21H25N5O3S/c1-27-17-6-7-18(19(13-17)28-2)20-23-26(21(30)29-20)15-25-11-9-24(10-12-25)14-16-5-3-4-8-22-16/h3-8,13H,9-12,14-15H2,1-2H3. The van der Waals surface area contributed by atoms with Crippen LogP contribution in [0.25, 0.3) is 11.5 Å². The van der Waals surface area contributed by atoms with Gasteiger partial charge < -0.3 is 13.9 Å². The van der Waals surface area contributed by atoms with E-state index < -0.39 is 0 Å². The van der Waals surface area contributed by atoms with Crippen LogP contribution in [0.15, 0.2) is 47.0 Å². The fourth-order valence-electron chi connectivity index (χ4n) is 3.48. The maximum absolute atomic E-state index is 5.76. The van der Waals surface area contributed by atoms with Crippen molar-refractivity contribution in [1.82, 2.24) is 24.6 Å². The Balaban J connectivity index is 1.40. The predicted octanol–water partition coefficient (Wildman–Crippen LogP) is 3.06. The number of methoxy groups -OCH3 is 2. The van der Waals surface area contributed by atoms with Crippen molar-refractivity contribution in [3.05, 3.63) is 53.1 Å². The molecule has 1 saturated heterocycles. The van der Waals surface area contributed by atoms with Gasteiger partial charge in [-0.2, -0.15) is 0 Å². The van der Waals surface area contributed by atoms with Crippen molar-refractivity contribution in [3.8, 4) is 23.0 Å². The zero-order valence-electron chi connectivity index (χ0n) is 17.2. The van der Waals surface area contributed by atoms with Crippen molar-refractivity contribution in [2.75, 3.05) is 40.4 Å². The van der Waals surface area contributed by atoms with Gasteiger partial charge in [-0.3, -0.25) is 14.8 Å². The molecule has 1 aliphatic rings. The van der Waals surface area contributed by atoms with Gasteiger partial charge in [-0.05, 0) is 36.5 Å². The first-order chi connectivity index (χ1) is 14.7. The molecule has 0 aliphatic carbocycles. The van der Waals surface area contributed by atoms with Crippen LogP contribution in [-0.4, -0.2) is 65.0 Å². The van der Waals surface area contributed by atoms with Gasteiger partial charge in [0.15, 0.2) is 0 Å². The number of pyridine rings is 1. The average molecular weight is 428 g/mol. The highest BCUT2D eigenvalue weighted by Gasteiger charge is 2.20. The Bertz CT molecular complexity index is 1030. The third kappa shape index (κ3) is 4.69. The van der Waals surface area contributed by atoms with Crippen molar-refractivity contribution in [1.29, 1.82) is 0 Å². The molecule has 0 N–H and O–H groups in total. The van der Waals surface area contributed by atoms with E-state index in [9.17, 15) is 0 Å². The molecule has 1 fully saturated rings. The van der Waals surface area contributed by atoms with Crippen LogP contribution in [0.5, 0.6) is 11.5 Å². The van der Waals surface area contributed by atoms with E-state index in [1.54, 1.807) is 25.0 Å². The number of hydrogen-bond acceptors (Lipinski definition) is 8. The summed E-state index contributed by atoms with van der Waals surface area (Å²) >= 11 is 5.40. The predicted molar refractivity (Wildman–Crippen MR) is 115 cm³/mol. The molecule has 0 amide bonds. The van der Waals surface area contributed by atoms with Crippen molar-refractivity contribution in [3.63, 3.8) is 0 Å². The number of rotatable bonds is 7. The molecule has 1 aliphatic heterocycles. The third-order valence-electron chi connectivity index (χ3n) is 5.16. The van der Waals surface area contributed by atoms with Crippen molar-refractivity contribution in [2.24, 2.45) is 0 Å². The fourth-order valence-corrected chi connectivity index (χ4v) is 3.66. The Morgan fingerprint density at radius 2 is 1.83 bits per heavy atom. The highest BCUT2D eigenvalue weighted by Crippen LogP contribution is 2.32. The highest BCUT2D eigenvalue weighted by molar-refractivity contribution is 7.71. The lowest BCUT2D eigenvalue weighted by molar-refractivity contribution is 0.0966. The largest absolute Gasteiger partial charge is 0.497 e. The molecule has 4 rings (SSSR count). The molecule has 0 unspecified atom stereocenters. The van der Waals surface area contributed by atoms with E-state index in [0.717, 1.165) is 44.0 Å². The summed E-state index contributed by atoms with van der Waals surface area (Å²) in [6, 6.07) is 11.5. The first-order valence-corrected chi connectivity index (χ1v) is 10.2. The van der Waals surface area contributed by atoms with Crippen LogP contribution >= 0.6 is 12.2 Å². The molecule has 158 valence electrons. The molecule has 0 saturated carbocycles. The summed E-state index contributed by atoms with van der Waals surface area (Å²) in [6.45, 7) is 5.28. The van der Waals surface area contributed by atoms with Crippen LogP contribution in [0.4, 0.5) is 0 Å². The monoisotopic (exact) mass is 427 g/mol. The average Bonchev–Trinajstić information content (AvgIpc) is 3.15. The van der Waals surface area contributed by atoms with Gasteiger partial charge in [0.2, 0.25) is 0 Å². The molecule has 0 bridgehead atoms. The summed E-state index contributed by atoms with van der Waals surface area (Å²) in [5.41, 5.74) is 1.84.